The van der Waals surface area contributed by atoms with E-state index in [1.165, 1.54) is 5.56 Å². The van der Waals surface area contributed by atoms with E-state index in [1.807, 2.05) is 42.5 Å². The van der Waals surface area contributed by atoms with Crippen molar-refractivity contribution in [3.63, 3.8) is 0 Å². The van der Waals surface area contributed by atoms with Crippen LogP contribution < -0.4 is 15.5 Å². The Bertz CT molecular complexity index is 1170. The van der Waals surface area contributed by atoms with Gasteiger partial charge in [-0.2, -0.15) is 0 Å². The molecule has 0 unspecified atom stereocenters. The van der Waals surface area contributed by atoms with Crippen LogP contribution in [0.5, 0.6) is 0 Å². The molecule has 34 heavy (non-hydrogen) atoms. The van der Waals surface area contributed by atoms with E-state index in [0.717, 1.165) is 41.1 Å². The molecule has 0 atom stereocenters. The third kappa shape index (κ3) is 5.91. The van der Waals surface area contributed by atoms with Gasteiger partial charge in [-0.25, -0.2) is 4.98 Å². The molecule has 0 radical (unpaired) electrons. The van der Waals surface area contributed by atoms with Crippen LogP contribution in [0.15, 0.2) is 48.5 Å². The summed E-state index contributed by atoms with van der Waals surface area (Å²) in [5.41, 5.74) is 4.65. The van der Waals surface area contributed by atoms with Gasteiger partial charge in [0.1, 0.15) is 5.82 Å². The predicted molar refractivity (Wildman–Crippen MR) is 137 cm³/mol. The number of rotatable bonds is 7. The first kappa shape index (κ1) is 23.7. The number of fused-ring (bicyclic) bond motifs is 1. The molecule has 7 heteroatoms. The number of nitrogens with zero attached hydrogens (tertiary/aromatic N) is 2. The van der Waals surface area contributed by atoms with Crippen LogP contribution in [0.3, 0.4) is 0 Å². The second-order valence-electron chi connectivity index (χ2n) is 9.00. The second kappa shape index (κ2) is 10.7. The van der Waals surface area contributed by atoms with Crippen LogP contribution in [-0.4, -0.2) is 43.1 Å². The Kier molecular flexibility index (Phi) is 7.43. The molecule has 0 bridgehead atoms. The van der Waals surface area contributed by atoms with Crippen molar-refractivity contribution in [1.82, 2.24) is 4.98 Å². The molecule has 0 spiro atoms. The van der Waals surface area contributed by atoms with Gasteiger partial charge in [-0.1, -0.05) is 26.0 Å². The SMILES string of the molecule is Cc1cc(N2CCOCC2)nc2ccc(NC(=O)CCC(=O)Nc3ccc(C(C)C)cc3)cc12. The lowest BCUT2D eigenvalue weighted by Crippen LogP contribution is -2.36. The van der Waals surface area contributed by atoms with Crippen molar-refractivity contribution in [2.24, 2.45) is 0 Å². The predicted octanol–water partition coefficient (Wildman–Crippen LogP) is 4.86. The van der Waals surface area contributed by atoms with Crippen LogP contribution in [0, 0.1) is 6.92 Å². The summed E-state index contributed by atoms with van der Waals surface area (Å²) >= 11 is 0. The Labute approximate surface area is 200 Å². The average Bonchev–Trinajstić information content (AvgIpc) is 2.84. The Hall–Kier alpha value is -3.45. The van der Waals surface area contributed by atoms with Crippen LogP contribution in [-0.2, 0) is 14.3 Å². The summed E-state index contributed by atoms with van der Waals surface area (Å²) in [5.74, 6) is 1.02. The van der Waals surface area contributed by atoms with Crippen molar-refractivity contribution in [3.8, 4) is 0 Å². The van der Waals surface area contributed by atoms with Crippen LogP contribution in [0.1, 0.15) is 43.7 Å². The summed E-state index contributed by atoms with van der Waals surface area (Å²) in [7, 11) is 0. The van der Waals surface area contributed by atoms with E-state index in [2.05, 4.69) is 42.4 Å². The van der Waals surface area contributed by atoms with E-state index in [0.29, 0.717) is 24.8 Å². The molecule has 178 valence electrons. The maximum absolute atomic E-state index is 12.4. The smallest absolute Gasteiger partial charge is 0.224 e. The summed E-state index contributed by atoms with van der Waals surface area (Å²) in [6.45, 7) is 9.41. The fourth-order valence-electron chi connectivity index (χ4n) is 4.03. The molecule has 2 amide bonds. The molecule has 2 heterocycles. The number of aromatic nitrogens is 1. The van der Waals surface area contributed by atoms with E-state index in [9.17, 15) is 9.59 Å². The van der Waals surface area contributed by atoms with Crippen molar-refractivity contribution in [2.75, 3.05) is 41.8 Å². The molecule has 2 N–H and O–H groups in total. The summed E-state index contributed by atoms with van der Waals surface area (Å²) in [6.07, 6.45) is 0.232. The van der Waals surface area contributed by atoms with Crippen LogP contribution in [0.4, 0.5) is 17.2 Å². The first-order valence-electron chi connectivity index (χ1n) is 11.8. The van der Waals surface area contributed by atoms with Gasteiger partial charge in [0.15, 0.2) is 0 Å². The maximum atomic E-state index is 12.4. The van der Waals surface area contributed by atoms with Crippen molar-refractivity contribution in [3.05, 3.63) is 59.7 Å². The topological polar surface area (TPSA) is 83.6 Å². The third-order valence-corrected chi connectivity index (χ3v) is 6.06. The Morgan fingerprint density at radius 3 is 2.21 bits per heavy atom. The first-order chi connectivity index (χ1) is 16.4. The van der Waals surface area contributed by atoms with E-state index < -0.39 is 0 Å². The van der Waals surface area contributed by atoms with Gasteiger partial charge in [-0.15, -0.1) is 0 Å². The summed E-state index contributed by atoms with van der Waals surface area (Å²) in [5, 5.41) is 6.75. The van der Waals surface area contributed by atoms with E-state index in [-0.39, 0.29) is 24.7 Å². The lowest BCUT2D eigenvalue weighted by molar-refractivity contribution is -0.121. The Balaban J connectivity index is 1.33. The number of carbonyl (C=O) groups is 2. The molecular weight excluding hydrogens is 428 g/mol. The van der Waals surface area contributed by atoms with E-state index >= 15 is 0 Å². The molecule has 3 aromatic rings. The zero-order chi connectivity index (χ0) is 24.1. The van der Waals surface area contributed by atoms with Gasteiger partial charge in [0.05, 0.1) is 18.7 Å². The number of aryl methyl sites for hydroxylation is 1. The van der Waals surface area contributed by atoms with Crippen LogP contribution in [0.25, 0.3) is 10.9 Å². The minimum absolute atomic E-state index is 0.112. The summed E-state index contributed by atoms with van der Waals surface area (Å²) < 4.78 is 5.43. The maximum Gasteiger partial charge on any atom is 0.224 e. The van der Waals surface area contributed by atoms with Crippen molar-refractivity contribution in [1.29, 1.82) is 0 Å². The van der Waals surface area contributed by atoms with Gasteiger partial charge in [-0.3, -0.25) is 9.59 Å². The molecule has 4 rings (SSSR count). The number of carbonyl (C=O) groups excluding carboxylic acids is 2. The number of benzene rings is 2. The summed E-state index contributed by atoms with van der Waals surface area (Å²) in [4.78, 5) is 31.7. The Morgan fingerprint density at radius 2 is 1.56 bits per heavy atom. The molecule has 1 aliphatic heterocycles. The lowest BCUT2D eigenvalue weighted by Gasteiger charge is -2.28. The fraction of sp³-hybridized carbons (Fsp3) is 0.370. The number of hydrogen-bond donors (Lipinski definition) is 2. The Morgan fingerprint density at radius 1 is 0.941 bits per heavy atom. The summed E-state index contributed by atoms with van der Waals surface area (Å²) in [6, 6.07) is 15.6. The van der Waals surface area contributed by atoms with E-state index in [1.54, 1.807) is 0 Å². The van der Waals surface area contributed by atoms with Crippen LogP contribution in [0.2, 0.25) is 0 Å². The monoisotopic (exact) mass is 460 g/mol. The minimum Gasteiger partial charge on any atom is -0.378 e. The zero-order valence-corrected chi connectivity index (χ0v) is 20.1. The van der Waals surface area contributed by atoms with Gasteiger partial charge >= 0.3 is 0 Å². The quantitative estimate of drug-likeness (QED) is 0.526. The standard InChI is InChI=1S/C27H32N4O3/c1-18(2)20-4-6-21(7-5-20)28-26(32)10-11-27(33)29-22-8-9-24-23(17-22)19(3)16-25(30-24)31-12-14-34-15-13-31/h4-9,16-18H,10-15H2,1-3H3,(H,28,32)(H,29,33). The number of ether oxygens (including phenoxy) is 1. The second-order valence-corrected chi connectivity index (χ2v) is 9.00. The van der Waals surface area contributed by atoms with Crippen molar-refractivity contribution >= 4 is 39.9 Å². The highest BCUT2D eigenvalue weighted by Crippen LogP contribution is 2.26. The number of anilines is 3. The molecule has 7 nitrogen and oxygen atoms in total. The molecule has 2 aromatic carbocycles. The fourth-order valence-corrected chi connectivity index (χ4v) is 4.03. The van der Waals surface area contributed by atoms with Crippen molar-refractivity contribution < 1.29 is 14.3 Å². The number of hydrogen-bond acceptors (Lipinski definition) is 5. The first-order valence-corrected chi connectivity index (χ1v) is 11.8. The van der Waals surface area contributed by atoms with Crippen molar-refractivity contribution in [2.45, 2.75) is 39.5 Å². The highest BCUT2D eigenvalue weighted by Gasteiger charge is 2.15. The minimum atomic E-state index is -0.194. The molecule has 1 aromatic heterocycles. The van der Waals surface area contributed by atoms with Gasteiger partial charge in [-0.05, 0) is 60.4 Å². The highest BCUT2D eigenvalue weighted by atomic mass is 16.5. The normalized spacial score (nSPS) is 13.8. The largest absolute Gasteiger partial charge is 0.378 e. The molecule has 1 fully saturated rings. The van der Waals surface area contributed by atoms with Gasteiger partial charge in [0.25, 0.3) is 0 Å². The molecule has 0 aliphatic carbocycles. The third-order valence-electron chi connectivity index (χ3n) is 6.06. The number of pyridine rings is 1. The molecule has 0 saturated carbocycles. The van der Waals surface area contributed by atoms with Gasteiger partial charge in [0, 0.05) is 42.7 Å². The number of nitrogens with one attached hydrogen (secondary N) is 2. The zero-order valence-electron chi connectivity index (χ0n) is 20.1. The van der Waals surface area contributed by atoms with E-state index in [4.69, 9.17) is 9.72 Å². The number of morpholine rings is 1. The molecular formula is C27H32N4O3. The van der Waals surface area contributed by atoms with Crippen LogP contribution >= 0.6 is 0 Å². The number of amides is 2. The average molecular weight is 461 g/mol. The van der Waals surface area contributed by atoms with Gasteiger partial charge < -0.3 is 20.3 Å². The lowest BCUT2D eigenvalue weighted by atomic mass is 10.0. The molecule has 1 saturated heterocycles. The highest BCUT2D eigenvalue weighted by molar-refractivity contribution is 5.98. The van der Waals surface area contributed by atoms with Gasteiger partial charge in [0.2, 0.25) is 11.8 Å². The molecule has 1 aliphatic rings.